The summed E-state index contributed by atoms with van der Waals surface area (Å²) in [4.78, 5) is 17.9. The van der Waals surface area contributed by atoms with E-state index in [9.17, 15) is 18.3 Å². The molecule has 9 nitrogen and oxygen atoms in total. The third-order valence-corrected chi connectivity index (χ3v) is 4.85. The molecule has 24 heavy (non-hydrogen) atoms. The van der Waals surface area contributed by atoms with Crippen molar-refractivity contribution in [3.8, 4) is 0 Å². The molecule has 1 aliphatic heterocycles. The lowest BCUT2D eigenvalue weighted by molar-refractivity contribution is -0.131. The third-order valence-electron chi connectivity index (χ3n) is 4.18. The van der Waals surface area contributed by atoms with Crippen molar-refractivity contribution in [3.05, 3.63) is 12.7 Å². The van der Waals surface area contributed by atoms with E-state index in [2.05, 4.69) is 14.8 Å². The monoisotopic (exact) mass is 359 g/mol. The first-order valence-electron chi connectivity index (χ1n) is 8.05. The summed E-state index contributed by atoms with van der Waals surface area (Å²) in [7, 11) is -3.34. The second kappa shape index (κ2) is 8.04. The number of amides is 1. The maximum atomic E-state index is 12.3. The summed E-state index contributed by atoms with van der Waals surface area (Å²) in [6, 6.07) is 0. The SMILES string of the molecule is CS(=O)(=O)NCC1(O)CCCN(C(=O)CCCn2cncn2)CC1. The van der Waals surface area contributed by atoms with E-state index in [1.807, 2.05) is 0 Å². The van der Waals surface area contributed by atoms with Crippen LogP contribution in [0.5, 0.6) is 0 Å². The molecule has 1 amide bonds. The van der Waals surface area contributed by atoms with E-state index in [4.69, 9.17) is 0 Å². The molecule has 0 spiro atoms. The number of carbonyl (C=O) groups is 1. The molecule has 10 heteroatoms. The van der Waals surface area contributed by atoms with Crippen LogP contribution in [0.25, 0.3) is 0 Å². The predicted octanol–water partition coefficient (Wildman–Crippen LogP) is -0.649. The third kappa shape index (κ3) is 6.17. The van der Waals surface area contributed by atoms with Crippen LogP contribution in [0.2, 0.25) is 0 Å². The highest BCUT2D eigenvalue weighted by Crippen LogP contribution is 2.22. The maximum Gasteiger partial charge on any atom is 0.222 e. The molecule has 0 saturated carbocycles. The van der Waals surface area contributed by atoms with E-state index in [0.29, 0.717) is 51.7 Å². The molecule has 1 aromatic rings. The van der Waals surface area contributed by atoms with E-state index in [1.165, 1.54) is 6.33 Å². The zero-order valence-corrected chi connectivity index (χ0v) is 14.7. The van der Waals surface area contributed by atoms with E-state index in [-0.39, 0.29) is 12.5 Å². The summed E-state index contributed by atoms with van der Waals surface area (Å²) in [6.07, 6.45) is 6.73. The van der Waals surface area contributed by atoms with E-state index < -0.39 is 15.6 Å². The molecule has 1 saturated heterocycles. The number of nitrogens with zero attached hydrogens (tertiary/aromatic N) is 4. The smallest absolute Gasteiger partial charge is 0.222 e. The highest BCUT2D eigenvalue weighted by atomic mass is 32.2. The fourth-order valence-corrected chi connectivity index (χ4v) is 3.30. The van der Waals surface area contributed by atoms with Crippen LogP contribution in [0.4, 0.5) is 0 Å². The number of aromatic nitrogens is 3. The lowest BCUT2D eigenvalue weighted by Gasteiger charge is -2.26. The van der Waals surface area contributed by atoms with Gasteiger partial charge in [-0.1, -0.05) is 0 Å². The Morgan fingerprint density at radius 3 is 2.83 bits per heavy atom. The van der Waals surface area contributed by atoms with Crippen LogP contribution < -0.4 is 4.72 Å². The van der Waals surface area contributed by atoms with Gasteiger partial charge < -0.3 is 10.0 Å². The summed E-state index contributed by atoms with van der Waals surface area (Å²) in [5.41, 5.74) is -1.10. The Labute approximate surface area is 142 Å². The maximum absolute atomic E-state index is 12.3. The van der Waals surface area contributed by atoms with Crippen LogP contribution in [-0.2, 0) is 21.4 Å². The Bertz CT molecular complexity index is 634. The Kier molecular flexibility index (Phi) is 6.30. The number of sulfonamides is 1. The van der Waals surface area contributed by atoms with Gasteiger partial charge in [-0.3, -0.25) is 9.48 Å². The Morgan fingerprint density at radius 2 is 2.17 bits per heavy atom. The van der Waals surface area contributed by atoms with Crippen LogP contribution in [-0.4, -0.2) is 70.6 Å². The zero-order chi connectivity index (χ0) is 17.6. The Balaban J connectivity index is 1.77. The first-order valence-corrected chi connectivity index (χ1v) is 9.94. The van der Waals surface area contributed by atoms with Crippen LogP contribution >= 0.6 is 0 Å². The number of aliphatic hydroxyl groups is 1. The van der Waals surface area contributed by atoms with Crippen molar-refractivity contribution in [3.63, 3.8) is 0 Å². The number of aryl methyl sites for hydroxylation is 1. The highest BCUT2D eigenvalue weighted by molar-refractivity contribution is 7.88. The molecule has 1 aliphatic rings. The van der Waals surface area contributed by atoms with Gasteiger partial charge in [0.05, 0.1) is 11.9 Å². The van der Waals surface area contributed by atoms with Gasteiger partial charge in [-0.2, -0.15) is 5.10 Å². The van der Waals surface area contributed by atoms with Gasteiger partial charge in [-0.25, -0.2) is 18.1 Å². The molecule has 1 fully saturated rings. The van der Waals surface area contributed by atoms with E-state index >= 15 is 0 Å². The number of likely N-dealkylation sites (tertiary alicyclic amines) is 1. The van der Waals surface area contributed by atoms with Crippen molar-refractivity contribution in [1.82, 2.24) is 24.4 Å². The van der Waals surface area contributed by atoms with E-state index in [1.54, 1.807) is 15.9 Å². The van der Waals surface area contributed by atoms with Crippen LogP contribution in [0.1, 0.15) is 32.1 Å². The topological polar surface area (TPSA) is 117 Å². The van der Waals surface area contributed by atoms with Gasteiger partial charge in [-0.05, 0) is 25.7 Å². The summed E-state index contributed by atoms with van der Waals surface area (Å²) in [6.45, 7) is 1.65. The Hall–Kier alpha value is -1.52. The molecule has 136 valence electrons. The summed E-state index contributed by atoms with van der Waals surface area (Å²) in [5, 5.41) is 14.5. The molecule has 2 N–H and O–H groups in total. The first kappa shape index (κ1) is 18.8. The van der Waals surface area contributed by atoms with Crippen molar-refractivity contribution < 1.29 is 18.3 Å². The minimum Gasteiger partial charge on any atom is -0.388 e. The van der Waals surface area contributed by atoms with Crippen molar-refractivity contribution in [1.29, 1.82) is 0 Å². The number of hydrogen-bond acceptors (Lipinski definition) is 6. The molecular weight excluding hydrogens is 334 g/mol. The lowest BCUT2D eigenvalue weighted by atomic mass is 9.95. The van der Waals surface area contributed by atoms with Crippen molar-refractivity contribution in [2.24, 2.45) is 0 Å². The predicted molar refractivity (Wildman–Crippen MR) is 87.5 cm³/mol. The average molecular weight is 359 g/mol. The van der Waals surface area contributed by atoms with Crippen molar-refractivity contribution in [2.75, 3.05) is 25.9 Å². The minimum atomic E-state index is -3.34. The Morgan fingerprint density at radius 1 is 1.38 bits per heavy atom. The van der Waals surface area contributed by atoms with E-state index in [0.717, 1.165) is 6.26 Å². The molecule has 0 aliphatic carbocycles. The molecule has 1 unspecified atom stereocenters. The quantitative estimate of drug-likeness (QED) is 0.668. The summed E-state index contributed by atoms with van der Waals surface area (Å²) < 4.78 is 26.4. The molecule has 2 heterocycles. The number of rotatable bonds is 7. The molecule has 2 rings (SSSR count). The lowest BCUT2D eigenvalue weighted by Crippen LogP contribution is -2.43. The van der Waals surface area contributed by atoms with Crippen LogP contribution in [0.15, 0.2) is 12.7 Å². The van der Waals surface area contributed by atoms with Crippen molar-refractivity contribution >= 4 is 15.9 Å². The molecule has 0 radical (unpaired) electrons. The molecular formula is C14H25N5O4S. The average Bonchev–Trinajstić information content (AvgIpc) is 2.93. The van der Waals surface area contributed by atoms with Gasteiger partial charge in [0.2, 0.25) is 15.9 Å². The highest BCUT2D eigenvalue weighted by Gasteiger charge is 2.32. The second-order valence-corrected chi connectivity index (χ2v) is 8.15. The number of hydrogen-bond donors (Lipinski definition) is 2. The van der Waals surface area contributed by atoms with Gasteiger partial charge in [0, 0.05) is 32.6 Å². The number of nitrogens with one attached hydrogen (secondary N) is 1. The second-order valence-electron chi connectivity index (χ2n) is 6.31. The van der Waals surface area contributed by atoms with Gasteiger partial charge in [0.25, 0.3) is 0 Å². The summed E-state index contributed by atoms with van der Waals surface area (Å²) >= 11 is 0. The standard InChI is InChI=1S/C14H25N5O4S/c1-24(22,23)17-10-14(21)5-3-7-18(9-6-14)13(20)4-2-8-19-12-15-11-16-19/h11-12,17,21H,2-10H2,1H3. The first-order chi connectivity index (χ1) is 11.3. The minimum absolute atomic E-state index is 0.0137. The van der Waals surface area contributed by atoms with Crippen LogP contribution in [0, 0.1) is 0 Å². The fraction of sp³-hybridized carbons (Fsp3) is 0.786. The van der Waals surface area contributed by atoms with Crippen LogP contribution in [0.3, 0.4) is 0 Å². The van der Waals surface area contributed by atoms with Gasteiger partial charge >= 0.3 is 0 Å². The molecule has 1 aromatic heterocycles. The molecule has 1 atom stereocenters. The van der Waals surface area contributed by atoms with Gasteiger partial charge in [0.15, 0.2) is 0 Å². The fourth-order valence-electron chi connectivity index (χ4n) is 2.77. The van der Waals surface area contributed by atoms with Crippen molar-refractivity contribution in [2.45, 2.75) is 44.2 Å². The largest absolute Gasteiger partial charge is 0.388 e. The molecule has 0 aromatic carbocycles. The molecule has 0 bridgehead atoms. The van der Waals surface area contributed by atoms with Gasteiger partial charge in [-0.15, -0.1) is 0 Å². The summed E-state index contributed by atoms with van der Waals surface area (Å²) in [5.74, 6) is 0.0513. The van der Waals surface area contributed by atoms with Gasteiger partial charge in [0.1, 0.15) is 12.7 Å². The zero-order valence-electron chi connectivity index (χ0n) is 13.9. The number of carbonyl (C=O) groups excluding carboxylic acids is 1. The normalized spacial score (nSPS) is 22.3.